The number of nitrogens with zero attached hydrogens (tertiary/aromatic N) is 2. The third-order valence-electron chi connectivity index (χ3n) is 1.48. The Balaban J connectivity index is 2.95. The number of aromatic nitrogens is 1. The lowest BCUT2D eigenvalue weighted by atomic mass is 10.2. The van der Waals surface area contributed by atoms with Crippen LogP contribution in [0.3, 0.4) is 0 Å². The van der Waals surface area contributed by atoms with Gasteiger partial charge in [0.2, 0.25) is 0 Å². The molecule has 0 aromatic carbocycles. The number of rotatable bonds is 2. The molecular weight excluding hydrogens is 180 g/mol. The van der Waals surface area contributed by atoms with Gasteiger partial charge in [-0.3, -0.25) is 0 Å². The smallest absolute Gasteiger partial charge is 0.288 e. The van der Waals surface area contributed by atoms with Crippen LogP contribution in [0.5, 0.6) is 0 Å². The standard InChI is InChI=1S/C10H12N2S/c1-7(2)5-6-9-10(11-4)12-8(3)13-9/h5-7H,1-3H3. The summed E-state index contributed by atoms with van der Waals surface area (Å²) in [7, 11) is 0. The molecule has 3 heteroatoms. The second kappa shape index (κ2) is 4.20. The zero-order valence-electron chi connectivity index (χ0n) is 8.03. The van der Waals surface area contributed by atoms with Crippen LogP contribution in [0.1, 0.15) is 23.7 Å². The SMILES string of the molecule is [C-]#[N+]c1nc(C)sc1C=CC(C)C. The summed E-state index contributed by atoms with van der Waals surface area (Å²) in [4.78, 5) is 8.46. The molecule has 0 fully saturated rings. The molecule has 1 aromatic heterocycles. The topological polar surface area (TPSA) is 17.2 Å². The van der Waals surface area contributed by atoms with Crippen molar-refractivity contribution in [1.29, 1.82) is 0 Å². The molecule has 1 heterocycles. The van der Waals surface area contributed by atoms with E-state index in [0.29, 0.717) is 11.7 Å². The van der Waals surface area contributed by atoms with Crippen LogP contribution in [0.2, 0.25) is 0 Å². The van der Waals surface area contributed by atoms with Gasteiger partial charge in [-0.25, -0.2) is 0 Å². The predicted molar refractivity (Wildman–Crippen MR) is 57.0 cm³/mol. The molecule has 0 unspecified atom stereocenters. The molecule has 0 saturated heterocycles. The molecule has 0 aliphatic heterocycles. The number of allylic oxidation sites excluding steroid dienone is 1. The Morgan fingerprint density at radius 3 is 2.77 bits per heavy atom. The van der Waals surface area contributed by atoms with Gasteiger partial charge in [0.15, 0.2) is 5.01 Å². The second-order valence-electron chi connectivity index (χ2n) is 3.14. The minimum atomic E-state index is 0.515. The molecule has 68 valence electrons. The van der Waals surface area contributed by atoms with E-state index < -0.39 is 0 Å². The summed E-state index contributed by atoms with van der Waals surface area (Å²) in [6, 6.07) is 0. The van der Waals surface area contributed by atoms with E-state index in [9.17, 15) is 0 Å². The highest BCUT2D eigenvalue weighted by Crippen LogP contribution is 2.26. The minimum absolute atomic E-state index is 0.515. The zero-order chi connectivity index (χ0) is 9.84. The molecule has 0 N–H and O–H groups in total. The average Bonchev–Trinajstić information content (AvgIpc) is 2.42. The average molecular weight is 192 g/mol. The quantitative estimate of drug-likeness (QED) is 0.653. The van der Waals surface area contributed by atoms with Crippen LogP contribution in [0.25, 0.3) is 10.9 Å². The summed E-state index contributed by atoms with van der Waals surface area (Å²) in [5.41, 5.74) is 0. The monoisotopic (exact) mass is 192 g/mol. The van der Waals surface area contributed by atoms with Crippen LogP contribution in [-0.4, -0.2) is 4.98 Å². The Bertz CT molecular complexity index is 355. The normalized spacial score (nSPS) is 11.0. The van der Waals surface area contributed by atoms with Crippen molar-refractivity contribution in [3.8, 4) is 0 Å². The molecule has 1 rings (SSSR count). The largest absolute Gasteiger partial charge is 0.359 e. The van der Waals surface area contributed by atoms with E-state index in [2.05, 4.69) is 29.8 Å². The lowest BCUT2D eigenvalue weighted by molar-refractivity contribution is 0.836. The van der Waals surface area contributed by atoms with Gasteiger partial charge in [0, 0.05) is 6.92 Å². The Labute approximate surface area is 82.8 Å². The molecule has 0 saturated carbocycles. The highest BCUT2D eigenvalue weighted by Gasteiger charge is 2.06. The van der Waals surface area contributed by atoms with Gasteiger partial charge < -0.3 is 4.85 Å². The van der Waals surface area contributed by atoms with Crippen molar-refractivity contribution in [3.05, 3.63) is 27.4 Å². The second-order valence-corrected chi connectivity index (χ2v) is 4.37. The van der Waals surface area contributed by atoms with Crippen molar-refractivity contribution < 1.29 is 0 Å². The Morgan fingerprint density at radius 1 is 1.54 bits per heavy atom. The summed E-state index contributed by atoms with van der Waals surface area (Å²) in [5, 5.41) is 0.953. The minimum Gasteiger partial charge on any atom is -0.359 e. The first-order valence-corrected chi connectivity index (χ1v) is 4.98. The van der Waals surface area contributed by atoms with E-state index in [1.807, 2.05) is 13.0 Å². The van der Waals surface area contributed by atoms with Crippen LogP contribution < -0.4 is 0 Å². The van der Waals surface area contributed by atoms with E-state index in [1.165, 1.54) is 0 Å². The molecule has 0 amide bonds. The van der Waals surface area contributed by atoms with Gasteiger partial charge in [-0.1, -0.05) is 32.6 Å². The highest BCUT2D eigenvalue weighted by molar-refractivity contribution is 7.13. The molecular formula is C10H12N2S. The maximum Gasteiger partial charge on any atom is 0.288 e. The first kappa shape index (κ1) is 9.94. The fraction of sp³-hybridized carbons (Fsp3) is 0.400. The van der Waals surface area contributed by atoms with E-state index in [0.717, 1.165) is 9.88 Å². The summed E-state index contributed by atoms with van der Waals surface area (Å²) >= 11 is 1.57. The van der Waals surface area contributed by atoms with Crippen LogP contribution in [0.4, 0.5) is 5.82 Å². The molecule has 0 aliphatic rings. The summed E-state index contributed by atoms with van der Waals surface area (Å²) < 4.78 is 0. The van der Waals surface area contributed by atoms with E-state index in [4.69, 9.17) is 6.57 Å². The van der Waals surface area contributed by atoms with Crippen LogP contribution in [0, 0.1) is 19.4 Å². The number of hydrogen-bond donors (Lipinski definition) is 0. The number of hydrogen-bond acceptors (Lipinski definition) is 2. The van der Waals surface area contributed by atoms with Crippen LogP contribution in [0.15, 0.2) is 6.08 Å². The maximum atomic E-state index is 6.92. The molecule has 1 aromatic rings. The fourth-order valence-electron chi connectivity index (χ4n) is 0.900. The summed E-state index contributed by atoms with van der Waals surface area (Å²) in [6.45, 7) is 13.1. The highest BCUT2D eigenvalue weighted by atomic mass is 32.1. The van der Waals surface area contributed by atoms with E-state index >= 15 is 0 Å². The van der Waals surface area contributed by atoms with Gasteiger partial charge in [0.05, 0.1) is 4.88 Å². The van der Waals surface area contributed by atoms with Crippen LogP contribution >= 0.6 is 11.3 Å². The van der Waals surface area contributed by atoms with Crippen molar-refractivity contribution >= 4 is 23.2 Å². The van der Waals surface area contributed by atoms with Gasteiger partial charge in [0.1, 0.15) is 0 Å². The van der Waals surface area contributed by atoms with Crippen molar-refractivity contribution in [2.45, 2.75) is 20.8 Å². The van der Waals surface area contributed by atoms with Crippen molar-refractivity contribution in [2.24, 2.45) is 5.92 Å². The fourth-order valence-corrected chi connectivity index (χ4v) is 1.68. The van der Waals surface area contributed by atoms with Crippen molar-refractivity contribution in [2.75, 3.05) is 0 Å². The molecule has 0 atom stereocenters. The lowest BCUT2D eigenvalue weighted by Gasteiger charge is -1.91. The van der Waals surface area contributed by atoms with E-state index in [-0.39, 0.29) is 0 Å². The third-order valence-corrected chi connectivity index (χ3v) is 2.41. The molecule has 2 nitrogen and oxygen atoms in total. The molecule has 0 radical (unpaired) electrons. The van der Waals surface area contributed by atoms with Gasteiger partial charge in [-0.05, 0) is 5.92 Å². The predicted octanol–water partition coefficient (Wildman–Crippen LogP) is 3.67. The first-order chi connectivity index (χ1) is 6.13. The van der Waals surface area contributed by atoms with E-state index in [1.54, 1.807) is 11.3 Å². The summed E-state index contributed by atoms with van der Waals surface area (Å²) in [6.07, 6.45) is 4.07. The van der Waals surface area contributed by atoms with Gasteiger partial charge in [-0.15, -0.1) is 16.3 Å². The van der Waals surface area contributed by atoms with Crippen molar-refractivity contribution in [3.63, 3.8) is 0 Å². The Morgan fingerprint density at radius 2 is 2.23 bits per heavy atom. The number of thiazole rings is 1. The first-order valence-electron chi connectivity index (χ1n) is 4.16. The number of aryl methyl sites for hydroxylation is 1. The Kier molecular flexibility index (Phi) is 3.21. The molecule has 0 bridgehead atoms. The molecule has 13 heavy (non-hydrogen) atoms. The molecule has 0 aliphatic carbocycles. The zero-order valence-corrected chi connectivity index (χ0v) is 8.85. The lowest BCUT2D eigenvalue weighted by Crippen LogP contribution is -1.75. The Hall–Kier alpha value is -1.14. The van der Waals surface area contributed by atoms with Crippen molar-refractivity contribution in [1.82, 2.24) is 4.98 Å². The van der Waals surface area contributed by atoms with Crippen LogP contribution in [-0.2, 0) is 0 Å². The third kappa shape index (κ3) is 2.67. The van der Waals surface area contributed by atoms with Gasteiger partial charge >= 0.3 is 0 Å². The summed E-state index contributed by atoms with van der Waals surface area (Å²) in [5.74, 6) is 1.04. The maximum absolute atomic E-state index is 6.92. The molecule has 0 spiro atoms. The van der Waals surface area contributed by atoms with Gasteiger partial charge in [0.25, 0.3) is 5.82 Å². The van der Waals surface area contributed by atoms with Gasteiger partial charge in [-0.2, -0.15) is 0 Å².